The van der Waals surface area contributed by atoms with Crippen LogP contribution < -0.4 is 10.5 Å². The second-order valence-electron chi connectivity index (χ2n) is 6.92. The van der Waals surface area contributed by atoms with Gasteiger partial charge in [-0.1, -0.05) is 30.3 Å². The SMILES string of the molecule is NS(=O)(=O)c1ccc(CCC(=O)OCC(=O)NC(c2ccc(F)cc2)c2cccs2)cc1. The molecule has 168 valence electrons. The van der Waals surface area contributed by atoms with Crippen LogP contribution in [0.5, 0.6) is 0 Å². The van der Waals surface area contributed by atoms with Gasteiger partial charge in [0, 0.05) is 11.3 Å². The molecule has 32 heavy (non-hydrogen) atoms. The summed E-state index contributed by atoms with van der Waals surface area (Å²) in [6, 6.07) is 14.9. The molecule has 3 N–H and O–H groups in total. The van der Waals surface area contributed by atoms with Gasteiger partial charge in [-0.3, -0.25) is 9.59 Å². The second kappa shape index (κ2) is 10.5. The maximum absolute atomic E-state index is 13.3. The molecule has 0 aliphatic heterocycles. The van der Waals surface area contributed by atoms with E-state index in [-0.39, 0.29) is 17.1 Å². The minimum Gasteiger partial charge on any atom is -0.456 e. The molecule has 7 nitrogen and oxygen atoms in total. The number of nitrogens with one attached hydrogen (secondary N) is 1. The van der Waals surface area contributed by atoms with Gasteiger partial charge in [-0.25, -0.2) is 17.9 Å². The van der Waals surface area contributed by atoms with Crippen molar-refractivity contribution in [2.24, 2.45) is 5.14 Å². The minimum absolute atomic E-state index is 0.0121. The molecule has 0 aliphatic carbocycles. The molecule has 0 radical (unpaired) electrons. The Morgan fingerprint density at radius 1 is 1.06 bits per heavy atom. The maximum atomic E-state index is 13.3. The van der Waals surface area contributed by atoms with Crippen LogP contribution >= 0.6 is 11.3 Å². The van der Waals surface area contributed by atoms with Crippen LogP contribution in [-0.4, -0.2) is 26.9 Å². The first-order chi connectivity index (χ1) is 15.2. The Balaban J connectivity index is 1.51. The number of carbonyl (C=O) groups is 2. The fraction of sp³-hybridized carbons (Fsp3) is 0.182. The molecule has 1 unspecified atom stereocenters. The molecule has 1 atom stereocenters. The van der Waals surface area contributed by atoms with Crippen molar-refractivity contribution in [1.82, 2.24) is 5.32 Å². The summed E-state index contributed by atoms with van der Waals surface area (Å²) in [5.74, 6) is -1.43. The molecule has 3 rings (SSSR count). The van der Waals surface area contributed by atoms with Crippen molar-refractivity contribution >= 4 is 33.2 Å². The predicted molar refractivity (Wildman–Crippen MR) is 118 cm³/mol. The standard InChI is InChI=1S/C22H21FN2O5S2/c23-17-8-6-16(7-9-17)22(19-2-1-13-31-19)25-20(26)14-30-21(27)12-5-15-3-10-18(11-4-15)32(24,28)29/h1-4,6-11,13,22H,5,12,14H2,(H,25,26)(H2,24,28,29). The zero-order valence-corrected chi connectivity index (χ0v) is 18.5. The third kappa shape index (κ3) is 6.71. The zero-order chi connectivity index (χ0) is 23.1. The van der Waals surface area contributed by atoms with E-state index in [1.165, 1.54) is 35.6 Å². The Hall–Kier alpha value is -3.08. The number of sulfonamides is 1. The van der Waals surface area contributed by atoms with Crippen LogP contribution in [-0.2, 0) is 30.8 Å². The van der Waals surface area contributed by atoms with Crippen LogP contribution in [0.1, 0.15) is 28.5 Å². The number of hydrogen-bond donors (Lipinski definition) is 2. The number of esters is 1. The highest BCUT2D eigenvalue weighted by Gasteiger charge is 2.19. The fourth-order valence-corrected chi connectivity index (χ4v) is 4.26. The molecule has 3 aromatic rings. The lowest BCUT2D eigenvalue weighted by atomic mass is 10.1. The molecule has 0 saturated heterocycles. The predicted octanol–water partition coefficient (Wildman–Crippen LogP) is 2.92. The first-order valence-electron chi connectivity index (χ1n) is 9.58. The van der Waals surface area contributed by atoms with Gasteiger partial charge in [-0.15, -0.1) is 11.3 Å². The van der Waals surface area contributed by atoms with E-state index in [0.29, 0.717) is 12.0 Å². The number of benzene rings is 2. The van der Waals surface area contributed by atoms with E-state index in [1.807, 2.05) is 17.5 Å². The average molecular weight is 477 g/mol. The van der Waals surface area contributed by atoms with Gasteiger partial charge in [0.15, 0.2) is 6.61 Å². The summed E-state index contributed by atoms with van der Waals surface area (Å²) >= 11 is 1.44. The van der Waals surface area contributed by atoms with Gasteiger partial charge in [-0.2, -0.15) is 0 Å². The molecule has 1 heterocycles. The van der Waals surface area contributed by atoms with E-state index in [9.17, 15) is 22.4 Å². The summed E-state index contributed by atoms with van der Waals surface area (Å²) in [5.41, 5.74) is 1.43. The monoisotopic (exact) mass is 476 g/mol. The third-order valence-corrected chi connectivity index (χ3v) is 6.44. The summed E-state index contributed by atoms with van der Waals surface area (Å²) in [6.07, 6.45) is 0.340. The highest BCUT2D eigenvalue weighted by Crippen LogP contribution is 2.26. The van der Waals surface area contributed by atoms with E-state index in [1.54, 1.807) is 24.3 Å². The van der Waals surface area contributed by atoms with Gasteiger partial charge < -0.3 is 10.1 Å². The Morgan fingerprint density at radius 3 is 2.34 bits per heavy atom. The summed E-state index contributed by atoms with van der Waals surface area (Å²) < 4.78 is 40.8. The van der Waals surface area contributed by atoms with E-state index < -0.39 is 34.5 Å². The number of halogens is 1. The molecular formula is C22H21FN2O5S2. The maximum Gasteiger partial charge on any atom is 0.306 e. The average Bonchev–Trinajstić information content (AvgIpc) is 3.29. The van der Waals surface area contributed by atoms with Crippen molar-refractivity contribution in [3.8, 4) is 0 Å². The van der Waals surface area contributed by atoms with Gasteiger partial charge in [0.1, 0.15) is 5.82 Å². The van der Waals surface area contributed by atoms with Crippen LogP contribution in [0.15, 0.2) is 70.9 Å². The molecule has 10 heteroatoms. The van der Waals surface area contributed by atoms with Crippen molar-refractivity contribution in [1.29, 1.82) is 0 Å². The highest BCUT2D eigenvalue weighted by molar-refractivity contribution is 7.89. The van der Waals surface area contributed by atoms with Crippen molar-refractivity contribution in [2.45, 2.75) is 23.8 Å². The van der Waals surface area contributed by atoms with E-state index in [2.05, 4.69) is 5.32 Å². The van der Waals surface area contributed by atoms with Crippen molar-refractivity contribution < 1.29 is 27.1 Å². The van der Waals surface area contributed by atoms with E-state index in [0.717, 1.165) is 10.4 Å². The quantitative estimate of drug-likeness (QED) is 0.461. The Labute approximate surface area is 189 Å². The van der Waals surface area contributed by atoms with Gasteiger partial charge >= 0.3 is 5.97 Å². The topological polar surface area (TPSA) is 116 Å². The summed E-state index contributed by atoms with van der Waals surface area (Å²) in [7, 11) is -3.77. The number of nitrogens with two attached hydrogens (primary N) is 1. The molecule has 1 aromatic heterocycles. The smallest absolute Gasteiger partial charge is 0.306 e. The van der Waals surface area contributed by atoms with Crippen LogP contribution in [0, 0.1) is 5.82 Å². The van der Waals surface area contributed by atoms with Gasteiger partial charge in [0.25, 0.3) is 5.91 Å². The molecular weight excluding hydrogens is 455 g/mol. The molecule has 0 spiro atoms. The number of primary sulfonamides is 1. The minimum atomic E-state index is -3.77. The van der Waals surface area contributed by atoms with Gasteiger partial charge in [-0.05, 0) is 53.3 Å². The molecule has 0 saturated carbocycles. The van der Waals surface area contributed by atoms with Crippen molar-refractivity contribution in [3.63, 3.8) is 0 Å². The van der Waals surface area contributed by atoms with E-state index in [4.69, 9.17) is 9.88 Å². The summed E-state index contributed by atoms with van der Waals surface area (Å²) in [4.78, 5) is 25.2. The number of thiophene rings is 1. The first-order valence-corrected chi connectivity index (χ1v) is 12.0. The first kappa shape index (κ1) is 23.6. The number of ether oxygens (including phenoxy) is 1. The van der Waals surface area contributed by atoms with Gasteiger partial charge in [0.05, 0.1) is 10.9 Å². The summed E-state index contributed by atoms with van der Waals surface area (Å²) in [6.45, 7) is -0.452. The molecule has 1 amide bonds. The van der Waals surface area contributed by atoms with Crippen LogP contribution in [0.4, 0.5) is 4.39 Å². The number of aryl methyl sites for hydroxylation is 1. The van der Waals surface area contributed by atoms with Gasteiger partial charge in [0.2, 0.25) is 10.0 Å². The zero-order valence-electron chi connectivity index (χ0n) is 16.9. The number of rotatable bonds is 9. The van der Waals surface area contributed by atoms with Crippen LogP contribution in [0.2, 0.25) is 0 Å². The van der Waals surface area contributed by atoms with Crippen LogP contribution in [0.3, 0.4) is 0 Å². The highest BCUT2D eigenvalue weighted by atomic mass is 32.2. The Bertz CT molecular complexity index is 1160. The lowest BCUT2D eigenvalue weighted by molar-refractivity contribution is -0.148. The fourth-order valence-electron chi connectivity index (χ4n) is 2.94. The molecule has 0 bridgehead atoms. The Kier molecular flexibility index (Phi) is 7.73. The number of hydrogen-bond acceptors (Lipinski definition) is 6. The second-order valence-corrected chi connectivity index (χ2v) is 9.46. The number of amides is 1. The van der Waals surface area contributed by atoms with Crippen LogP contribution in [0.25, 0.3) is 0 Å². The lowest BCUT2D eigenvalue weighted by Gasteiger charge is -2.18. The van der Waals surface area contributed by atoms with E-state index >= 15 is 0 Å². The molecule has 2 aromatic carbocycles. The van der Waals surface area contributed by atoms with Crippen molar-refractivity contribution in [2.75, 3.05) is 6.61 Å². The molecule has 0 aliphatic rings. The molecule has 0 fully saturated rings. The normalized spacial score (nSPS) is 12.2. The third-order valence-electron chi connectivity index (χ3n) is 4.57. The largest absolute Gasteiger partial charge is 0.456 e. The number of carbonyl (C=O) groups excluding carboxylic acids is 2. The summed E-state index contributed by atoms with van der Waals surface area (Å²) in [5, 5.41) is 9.73. The van der Waals surface area contributed by atoms with Crippen molar-refractivity contribution in [3.05, 3.63) is 87.9 Å². The Morgan fingerprint density at radius 2 is 1.75 bits per heavy atom. The lowest BCUT2D eigenvalue weighted by Crippen LogP contribution is -2.32.